The molecule has 0 unspecified atom stereocenters. The Bertz CT molecular complexity index is 453. The van der Waals surface area contributed by atoms with Crippen molar-refractivity contribution in [2.24, 2.45) is 5.41 Å². The molecule has 1 amide bonds. The molecule has 1 aromatic rings. The number of H-pyrrole nitrogens is 1. The predicted octanol–water partition coefficient (Wildman–Crippen LogP) is 0.572. The molecule has 0 radical (unpaired) electrons. The Labute approximate surface area is 105 Å². The molecular weight excluding hydrogens is 236 g/mol. The number of carbonyl (C=O) groups is 2. The van der Waals surface area contributed by atoms with E-state index in [4.69, 9.17) is 5.11 Å². The van der Waals surface area contributed by atoms with Gasteiger partial charge in [0.25, 0.3) is 0 Å². The van der Waals surface area contributed by atoms with Gasteiger partial charge in [0.05, 0.1) is 12.0 Å². The maximum atomic E-state index is 11.9. The second-order valence-corrected chi connectivity index (χ2v) is 4.95. The van der Waals surface area contributed by atoms with Gasteiger partial charge in [-0.1, -0.05) is 0 Å². The molecule has 0 saturated heterocycles. The summed E-state index contributed by atoms with van der Waals surface area (Å²) < 4.78 is 0. The fourth-order valence-corrected chi connectivity index (χ4v) is 1.35. The molecule has 0 aromatic carbocycles. The van der Waals surface area contributed by atoms with Crippen molar-refractivity contribution in [3.8, 4) is 0 Å². The lowest BCUT2D eigenvalue weighted by molar-refractivity contribution is -0.151. The molecule has 0 fully saturated rings. The zero-order valence-electron chi connectivity index (χ0n) is 11.0. The van der Waals surface area contributed by atoms with Gasteiger partial charge in [0, 0.05) is 13.5 Å². The highest BCUT2D eigenvalue weighted by Gasteiger charge is 2.31. The van der Waals surface area contributed by atoms with E-state index in [1.54, 1.807) is 14.0 Å². The first-order valence-electron chi connectivity index (χ1n) is 5.57. The molecule has 7 nitrogen and oxygen atoms in total. The zero-order valence-corrected chi connectivity index (χ0v) is 11.0. The minimum Gasteiger partial charge on any atom is -0.481 e. The van der Waals surface area contributed by atoms with Crippen molar-refractivity contribution in [2.75, 3.05) is 7.05 Å². The summed E-state index contributed by atoms with van der Waals surface area (Å²) in [7, 11) is 1.60. The number of hydrogen-bond donors (Lipinski definition) is 2. The Morgan fingerprint density at radius 2 is 2.06 bits per heavy atom. The van der Waals surface area contributed by atoms with Crippen LogP contribution in [0.15, 0.2) is 0 Å². The van der Waals surface area contributed by atoms with E-state index >= 15 is 0 Å². The number of nitrogens with one attached hydrogen (secondary N) is 1. The normalized spacial score (nSPS) is 11.3. The van der Waals surface area contributed by atoms with Crippen LogP contribution in [0.3, 0.4) is 0 Å². The third-order valence-electron chi connectivity index (χ3n) is 2.62. The third kappa shape index (κ3) is 3.54. The van der Waals surface area contributed by atoms with Gasteiger partial charge in [0.2, 0.25) is 5.91 Å². The lowest BCUT2D eigenvalue weighted by Gasteiger charge is -2.22. The molecule has 0 atom stereocenters. The van der Waals surface area contributed by atoms with Crippen LogP contribution in [0.2, 0.25) is 0 Å². The van der Waals surface area contributed by atoms with Crippen molar-refractivity contribution in [3.05, 3.63) is 11.6 Å². The number of aromatic nitrogens is 3. The molecule has 0 aliphatic carbocycles. The van der Waals surface area contributed by atoms with Gasteiger partial charge in [-0.3, -0.25) is 14.7 Å². The topological polar surface area (TPSA) is 99.2 Å². The maximum Gasteiger partial charge on any atom is 0.309 e. The van der Waals surface area contributed by atoms with E-state index in [1.807, 2.05) is 0 Å². The van der Waals surface area contributed by atoms with Crippen molar-refractivity contribution in [3.63, 3.8) is 0 Å². The highest BCUT2D eigenvalue weighted by Crippen LogP contribution is 2.21. The number of hydrogen-bond acceptors (Lipinski definition) is 4. The SMILES string of the molecule is Cc1nc(CN(C)C(=O)CC(C)(C)C(=O)O)n[nH]1. The highest BCUT2D eigenvalue weighted by molar-refractivity contribution is 5.84. The van der Waals surface area contributed by atoms with Gasteiger partial charge < -0.3 is 10.0 Å². The quantitative estimate of drug-likeness (QED) is 0.800. The summed E-state index contributed by atoms with van der Waals surface area (Å²) in [5, 5.41) is 15.6. The number of carboxylic acids is 1. The number of carboxylic acid groups (broad SMARTS) is 1. The van der Waals surface area contributed by atoms with Crippen LogP contribution >= 0.6 is 0 Å². The highest BCUT2D eigenvalue weighted by atomic mass is 16.4. The van der Waals surface area contributed by atoms with Crippen molar-refractivity contribution >= 4 is 11.9 Å². The second-order valence-electron chi connectivity index (χ2n) is 4.95. The largest absolute Gasteiger partial charge is 0.481 e. The van der Waals surface area contributed by atoms with Crippen LogP contribution in [-0.4, -0.2) is 44.1 Å². The van der Waals surface area contributed by atoms with E-state index in [0.717, 1.165) is 0 Å². The number of aryl methyl sites for hydroxylation is 1. The van der Waals surface area contributed by atoms with Crippen LogP contribution in [0, 0.1) is 12.3 Å². The number of rotatable bonds is 5. The second kappa shape index (κ2) is 5.16. The van der Waals surface area contributed by atoms with E-state index in [2.05, 4.69) is 15.2 Å². The molecule has 2 N–H and O–H groups in total. The van der Waals surface area contributed by atoms with Crippen molar-refractivity contribution in [1.82, 2.24) is 20.1 Å². The maximum absolute atomic E-state index is 11.9. The summed E-state index contributed by atoms with van der Waals surface area (Å²) >= 11 is 0. The summed E-state index contributed by atoms with van der Waals surface area (Å²) in [6.07, 6.45) is -0.0533. The van der Waals surface area contributed by atoms with Crippen molar-refractivity contribution < 1.29 is 14.7 Å². The monoisotopic (exact) mass is 254 g/mol. The van der Waals surface area contributed by atoms with Crippen molar-refractivity contribution in [1.29, 1.82) is 0 Å². The average Bonchev–Trinajstić information content (AvgIpc) is 2.63. The van der Waals surface area contributed by atoms with Gasteiger partial charge in [-0.2, -0.15) is 5.10 Å². The average molecular weight is 254 g/mol. The number of amides is 1. The zero-order chi connectivity index (χ0) is 13.9. The Kier molecular flexibility index (Phi) is 4.05. The number of aromatic amines is 1. The van der Waals surface area contributed by atoms with E-state index in [9.17, 15) is 9.59 Å². The molecular formula is C11H18N4O3. The van der Waals surface area contributed by atoms with Gasteiger partial charge in [0.15, 0.2) is 5.82 Å². The lowest BCUT2D eigenvalue weighted by Crippen LogP contribution is -2.34. The van der Waals surface area contributed by atoms with Crippen LogP contribution in [0.5, 0.6) is 0 Å². The molecule has 0 spiro atoms. The number of aliphatic carboxylic acids is 1. The minimum absolute atomic E-state index is 0.0533. The Hall–Kier alpha value is -1.92. The fourth-order valence-electron chi connectivity index (χ4n) is 1.35. The fraction of sp³-hybridized carbons (Fsp3) is 0.636. The summed E-state index contributed by atoms with van der Waals surface area (Å²) in [5.74, 6) is -0.0453. The van der Waals surface area contributed by atoms with Crippen LogP contribution in [0.1, 0.15) is 31.9 Å². The first kappa shape index (κ1) is 14.1. The van der Waals surface area contributed by atoms with Gasteiger partial charge in [-0.05, 0) is 20.8 Å². The van der Waals surface area contributed by atoms with Crippen LogP contribution in [0.25, 0.3) is 0 Å². The summed E-state index contributed by atoms with van der Waals surface area (Å²) in [6.45, 7) is 5.08. The molecule has 0 aliphatic heterocycles. The molecule has 100 valence electrons. The molecule has 0 bridgehead atoms. The van der Waals surface area contributed by atoms with E-state index in [1.165, 1.54) is 18.7 Å². The lowest BCUT2D eigenvalue weighted by atomic mass is 9.89. The van der Waals surface area contributed by atoms with E-state index in [-0.39, 0.29) is 18.9 Å². The third-order valence-corrected chi connectivity index (χ3v) is 2.62. The van der Waals surface area contributed by atoms with Gasteiger partial charge >= 0.3 is 5.97 Å². The molecule has 0 saturated carbocycles. The van der Waals surface area contributed by atoms with E-state index < -0.39 is 11.4 Å². The number of nitrogens with zero attached hydrogens (tertiary/aromatic N) is 3. The standard InChI is InChI=1S/C11H18N4O3/c1-7-12-8(14-13-7)6-15(4)9(16)5-11(2,3)10(17)18/h5-6H2,1-4H3,(H,17,18)(H,12,13,14). The summed E-state index contributed by atoms with van der Waals surface area (Å²) in [4.78, 5) is 28.3. The van der Waals surface area contributed by atoms with Crippen LogP contribution in [-0.2, 0) is 16.1 Å². The molecule has 1 rings (SSSR count). The molecule has 1 heterocycles. The van der Waals surface area contributed by atoms with Gasteiger partial charge in [-0.25, -0.2) is 4.98 Å². The molecule has 18 heavy (non-hydrogen) atoms. The first-order chi connectivity index (χ1) is 8.22. The van der Waals surface area contributed by atoms with Gasteiger partial charge in [0.1, 0.15) is 5.82 Å². The smallest absolute Gasteiger partial charge is 0.309 e. The molecule has 0 aliphatic rings. The van der Waals surface area contributed by atoms with Crippen molar-refractivity contribution in [2.45, 2.75) is 33.7 Å². The molecule has 7 heteroatoms. The Morgan fingerprint density at radius 3 is 2.50 bits per heavy atom. The minimum atomic E-state index is -1.07. The summed E-state index contributed by atoms with van der Waals surface area (Å²) in [6, 6.07) is 0. The molecule has 1 aromatic heterocycles. The van der Waals surface area contributed by atoms with Crippen LogP contribution in [0.4, 0.5) is 0 Å². The van der Waals surface area contributed by atoms with Gasteiger partial charge in [-0.15, -0.1) is 0 Å². The van der Waals surface area contributed by atoms with E-state index in [0.29, 0.717) is 11.6 Å². The first-order valence-corrected chi connectivity index (χ1v) is 5.57. The van der Waals surface area contributed by atoms with Crippen LogP contribution < -0.4 is 0 Å². The number of carbonyl (C=O) groups excluding carboxylic acids is 1. The Morgan fingerprint density at radius 1 is 1.44 bits per heavy atom. The Balaban J connectivity index is 2.59. The summed E-state index contributed by atoms with van der Waals surface area (Å²) in [5.41, 5.74) is -1.07. The predicted molar refractivity (Wildman–Crippen MR) is 63.6 cm³/mol.